The lowest BCUT2D eigenvalue weighted by molar-refractivity contribution is -0.200. The molecule has 0 saturated carbocycles. The maximum Gasteiger partial charge on any atom is 0.490 e. The summed E-state index contributed by atoms with van der Waals surface area (Å²) in [6.45, 7) is 1.02. The summed E-state index contributed by atoms with van der Waals surface area (Å²) in [6, 6.07) is 13.6. The van der Waals surface area contributed by atoms with Gasteiger partial charge in [-0.1, -0.05) is 6.92 Å². The van der Waals surface area contributed by atoms with Crippen molar-refractivity contribution < 1.29 is 45.4 Å². The fraction of sp³-hybridized carbons (Fsp3) is 0.323. The van der Waals surface area contributed by atoms with E-state index in [2.05, 4.69) is 14.8 Å². The first-order valence-corrected chi connectivity index (χ1v) is 16.5. The van der Waals surface area contributed by atoms with Gasteiger partial charge in [0.1, 0.15) is 17.3 Å². The minimum atomic E-state index is -5.21. The van der Waals surface area contributed by atoms with Crippen molar-refractivity contribution in [3.8, 4) is 17.1 Å². The highest BCUT2D eigenvalue weighted by molar-refractivity contribution is 7.90. The van der Waals surface area contributed by atoms with Gasteiger partial charge in [0.15, 0.2) is 21.5 Å². The standard InChI is InChI=1S/C31H31F3N6O7S/c1-4-15-37(26(41)19-47-30(43)31(32,33)34)18-25-35-14-17-38(25)20-5-7-21(8-6-20)39-16-13-24-27(29(39)42)40(36-28(24)48(3,44)45)22-9-11-23(46-2)12-10-22/h5-12,14,17H,4,13,15-16,18-19H2,1-3H3. The van der Waals surface area contributed by atoms with E-state index < -0.39 is 40.4 Å². The Morgan fingerprint density at radius 3 is 2.27 bits per heavy atom. The number of benzene rings is 2. The molecule has 3 heterocycles. The Morgan fingerprint density at radius 2 is 1.67 bits per heavy atom. The number of hydrogen-bond donors (Lipinski definition) is 0. The van der Waals surface area contributed by atoms with Gasteiger partial charge < -0.3 is 23.8 Å². The van der Waals surface area contributed by atoms with E-state index in [-0.39, 0.29) is 36.8 Å². The van der Waals surface area contributed by atoms with Crippen LogP contribution in [0.2, 0.25) is 0 Å². The minimum Gasteiger partial charge on any atom is -0.497 e. The fourth-order valence-corrected chi connectivity index (χ4v) is 6.17. The van der Waals surface area contributed by atoms with E-state index in [1.54, 1.807) is 66.2 Å². The molecular weight excluding hydrogens is 657 g/mol. The number of ether oxygens (including phenoxy) is 2. The molecule has 48 heavy (non-hydrogen) atoms. The molecule has 2 aromatic heterocycles. The first-order chi connectivity index (χ1) is 22.7. The number of imidazole rings is 1. The number of carbonyl (C=O) groups is 3. The van der Waals surface area contributed by atoms with Crippen LogP contribution in [0.25, 0.3) is 11.4 Å². The summed E-state index contributed by atoms with van der Waals surface area (Å²) in [5.74, 6) is -2.73. The van der Waals surface area contributed by atoms with Crippen molar-refractivity contribution in [2.24, 2.45) is 0 Å². The third-order valence-corrected chi connectivity index (χ3v) is 8.57. The monoisotopic (exact) mass is 688 g/mol. The Morgan fingerprint density at radius 1 is 1.02 bits per heavy atom. The summed E-state index contributed by atoms with van der Waals surface area (Å²) >= 11 is 0. The van der Waals surface area contributed by atoms with Gasteiger partial charge in [-0.3, -0.25) is 9.59 Å². The van der Waals surface area contributed by atoms with Gasteiger partial charge in [0.2, 0.25) is 0 Å². The normalized spacial score (nSPS) is 13.3. The number of carbonyl (C=O) groups excluding carboxylic acids is 3. The molecule has 0 aliphatic carbocycles. The smallest absolute Gasteiger partial charge is 0.490 e. The van der Waals surface area contributed by atoms with Crippen LogP contribution in [0.4, 0.5) is 18.9 Å². The predicted octanol–water partition coefficient (Wildman–Crippen LogP) is 3.52. The minimum absolute atomic E-state index is 0.0730. The average molecular weight is 689 g/mol. The zero-order valence-electron chi connectivity index (χ0n) is 26.1. The zero-order chi connectivity index (χ0) is 34.8. The third kappa shape index (κ3) is 7.05. The zero-order valence-corrected chi connectivity index (χ0v) is 26.9. The van der Waals surface area contributed by atoms with Crippen molar-refractivity contribution in [3.63, 3.8) is 0 Å². The van der Waals surface area contributed by atoms with E-state index in [0.717, 1.165) is 6.26 Å². The first kappa shape index (κ1) is 34.2. The molecule has 0 unspecified atom stereocenters. The maximum absolute atomic E-state index is 13.9. The molecule has 17 heteroatoms. The number of aromatic nitrogens is 4. The van der Waals surface area contributed by atoms with Gasteiger partial charge in [-0.2, -0.15) is 18.3 Å². The highest BCUT2D eigenvalue weighted by atomic mass is 32.2. The van der Waals surface area contributed by atoms with Crippen molar-refractivity contribution in [3.05, 3.63) is 78.0 Å². The van der Waals surface area contributed by atoms with E-state index in [9.17, 15) is 36.0 Å². The number of sulfone groups is 1. The predicted molar refractivity (Wildman–Crippen MR) is 165 cm³/mol. The van der Waals surface area contributed by atoms with Crippen molar-refractivity contribution in [2.75, 3.05) is 38.0 Å². The van der Waals surface area contributed by atoms with Gasteiger partial charge in [-0.25, -0.2) is 22.9 Å². The molecular formula is C31H31F3N6O7S. The molecule has 13 nitrogen and oxygen atoms in total. The Hall–Kier alpha value is -5.19. The second kappa shape index (κ2) is 13.5. The van der Waals surface area contributed by atoms with E-state index in [1.165, 1.54) is 27.8 Å². The summed E-state index contributed by atoms with van der Waals surface area (Å²) < 4.78 is 75.1. The number of nitrogens with zero attached hydrogens (tertiary/aromatic N) is 6. The van der Waals surface area contributed by atoms with Crippen LogP contribution < -0.4 is 9.64 Å². The van der Waals surface area contributed by atoms with Crippen LogP contribution in [0.1, 0.15) is 35.2 Å². The highest BCUT2D eigenvalue weighted by Crippen LogP contribution is 2.31. The number of hydrogen-bond acceptors (Lipinski definition) is 9. The average Bonchev–Trinajstić information content (AvgIpc) is 3.69. The van der Waals surface area contributed by atoms with Crippen LogP contribution in [0.3, 0.4) is 0 Å². The topological polar surface area (TPSA) is 146 Å². The SMILES string of the molecule is CCCN(Cc1nccn1-c1ccc(N2CCc3c(S(C)(=O)=O)nn(-c4ccc(OC)cc4)c3C2=O)cc1)C(=O)COC(=O)C(F)(F)F. The number of anilines is 1. The third-order valence-electron chi connectivity index (χ3n) is 7.54. The summed E-state index contributed by atoms with van der Waals surface area (Å²) in [6.07, 6.45) is -0.294. The molecule has 4 aromatic rings. The van der Waals surface area contributed by atoms with Crippen LogP contribution in [-0.4, -0.2) is 89.7 Å². The largest absolute Gasteiger partial charge is 0.497 e. The number of amides is 2. The Kier molecular flexibility index (Phi) is 9.61. The molecule has 5 rings (SSSR count). The lowest BCUT2D eigenvalue weighted by Crippen LogP contribution is -2.39. The second-order valence-electron chi connectivity index (χ2n) is 10.8. The second-order valence-corrected chi connectivity index (χ2v) is 12.8. The molecule has 0 N–H and O–H groups in total. The molecule has 2 amide bonds. The lowest BCUT2D eigenvalue weighted by atomic mass is 10.1. The molecule has 2 aromatic carbocycles. The van der Waals surface area contributed by atoms with Crippen LogP contribution in [-0.2, 0) is 37.1 Å². The Labute approximate surface area is 273 Å². The summed E-state index contributed by atoms with van der Waals surface area (Å²) in [5, 5.41) is 4.18. The van der Waals surface area contributed by atoms with Crippen molar-refractivity contribution in [1.82, 2.24) is 24.2 Å². The molecule has 254 valence electrons. The van der Waals surface area contributed by atoms with Gasteiger partial charge >= 0.3 is 12.1 Å². The molecule has 0 spiro atoms. The molecule has 0 bridgehead atoms. The van der Waals surface area contributed by atoms with E-state index >= 15 is 0 Å². The molecule has 0 fully saturated rings. The Balaban J connectivity index is 1.38. The molecule has 0 saturated heterocycles. The fourth-order valence-electron chi connectivity index (χ4n) is 5.30. The summed E-state index contributed by atoms with van der Waals surface area (Å²) in [4.78, 5) is 44.7. The van der Waals surface area contributed by atoms with Crippen molar-refractivity contribution in [2.45, 2.75) is 37.5 Å². The summed E-state index contributed by atoms with van der Waals surface area (Å²) in [5.41, 5.74) is 2.11. The quantitative estimate of drug-likeness (QED) is 0.216. The van der Waals surface area contributed by atoms with Gasteiger partial charge in [0.25, 0.3) is 11.8 Å². The van der Waals surface area contributed by atoms with Crippen LogP contribution >= 0.6 is 0 Å². The van der Waals surface area contributed by atoms with Gasteiger partial charge in [0.05, 0.1) is 19.3 Å². The number of halogens is 3. The van der Waals surface area contributed by atoms with Crippen LogP contribution in [0.15, 0.2) is 66.0 Å². The van der Waals surface area contributed by atoms with E-state index in [1.807, 2.05) is 0 Å². The molecule has 0 radical (unpaired) electrons. The highest BCUT2D eigenvalue weighted by Gasteiger charge is 2.41. The Bertz CT molecular complexity index is 1940. The van der Waals surface area contributed by atoms with Crippen LogP contribution in [0, 0.1) is 0 Å². The number of esters is 1. The molecule has 0 atom stereocenters. The number of methoxy groups -OCH3 is 1. The molecule has 1 aliphatic heterocycles. The lowest BCUT2D eigenvalue weighted by Gasteiger charge is -2.28. The number of rotatable bonds is 11. The van der Waals surface area contributed by atoms with E-state index in [0.29, 0.717) is 40.6 Å². The molecule has 1 aliphatic rings. The van der Waals surface area contributed by atoms with Gasteiger partial charge in [-0.05, 0) is 61.4 Å². The number of fused-ring (bicyclic) bond motifs is 1. The van der Waals surface area contributed by atoms with Crippen LogP contribution in [0.5, 0.6) is 5.75 Å². The number of alkyl halides is 3. The summed E-state index contributed by atoms with van der Waals surface area (Å²) in [7, 11) is -2.23. The van der Waals surface area contributed by atoms with Gasteiger partial charge in [-0.15, -0.1) is 0 Å². The van der Waals surface area contributed by atoms with Gasteiger partial charge in [0, 0.05) is 48.7 Å². The van der Waals surface area contributed by atoms with Crippen molar-refractivity contribution in [1.29, 1.82) is 0 Å². The van der Waals surface area contributed by atoms with Crippen molar-refractivity contribution >= 4 is 33.3 Å². The first-order valence-electron chi connectivity index (χ1n) is 14.7. The van der Waals surface area contributed by atoms with E-state index in [4.69, 9.17) is 4.74 Å². The maximum atomic E-state index is 13.9.